The maximum atomic E-state index is 11.1. The molecule has 100 valence electrons. The number of rotatable bonds is 5. The molecule has 0 atom stereocenters. The summed E-state index contributed by atoms with van der Waals surface area (Å²) in [4.78, 5) is 11.1. The summed E-state index contributed by atoms with van der Waals surface area (Å²) < 4.78 is 2.01. The van der Waals surface area contributed by atoms with Gasteiger partial charge in [-0.1, -0.05) is 19.3 Å². The van der Waals surface area contributed by atoms with Gasteiger partial charge in [0.05, 0.1) is 6.42 Å². The molecule has 1 aromatic rings. The molecule has 5 heteroatoms. The number of carboxylic acid groups (broad SMARTS) is 1. The molecule has 0 aliphatic heterocycles. The lowest BCUT2D eigenvalue weighted by Gasteiger charge is -2.35. The topological polar surface area (TPSA) is 68.0 Å². The van der Waals surface area contributed by atoms with E-state index in [0.717, 1.165) is 44.5 Å². The molecule has 1 N–H and O–H groups in total. The third-order valence-electron chi connectivity index (χ3n) is 4.01. The summed E-state index contributed by atoms with van der Waals surface area (Å²) in [6, 6.07) is 0. The van der Waals surface area contributed by atoms with Crippen molar-refractivity contribution in [2.75, 3.05) is 0 Å². The van der Waals surface area contributed by atoms with E-state index in [1.54, 1.807) is 6.33 Å². The highest BCUT2D eigenvalue weighted by Gasteiger charge is 2.35. The van der Waals surface area contributed by atoms with E-state index in [1.807, 2.05) is 4.57 Å². The first-order valence-electron chi connectivity index (χ1n) is 6.74. The molecule has 0 spiro atoms. The van der Waals surface area contributed by atoms with E-state index in [4.69, 9.17) is 5.11 Å². The van der Waals surface area contributed by atoms with Gasteiger partial charge in [-0.25, -0.2) is 0 Å². The molecule has 0 bridgehead atoms. The lowest BCUT2D eigenvalue weighted by Crippen LogP contribution is -2.31. The quantitative estimate of drug-likeness (QED) is 0.871. The van der Waals surface area contributed by atoms with Crippen LogP contribution in [0.25, 0.3) is 0 Å². The fourth-order valence-electron chi connectivity index (χ4n) is 3.05. The van der Waals surface area contributed by atoms with Gasteiger partial charge in [0.25, 0.3) is 0 Å². The molecule has 0 radical (unpaired) electrons. The molecule has 1 aromatic heterocycles. The van der Waals surface area contributed by atoms with E-state index in [-0.39, 0.29) is 11.8 Å². The molecule has 1 heterocycles. The fourth-order valence-corrected chi connectivity index (χ4v) is 3.05. The number of hydrogen-bond donors (Lipinski definition) is 1. The minimum atomic E-state index is -0.695. The minimum absolute atomic E-state index is 0.107. The number of nitrogens with zero attached hydrogens (tertiary/aromatic N) is 3. The first-order valence-corrected chi connectivity index (χ1v) is 6.74. The Bertz CT molecular complexity index is 408. The molecule has 0 saturated heterocycles. The second-order valence-corrected chi connectivity index (χ2v) is 5.34. The maximum absolute atomic E-state index is 11.1. The van der Waals surface area contributed by atoms with Crippen LogP contribution in [0.3, 0.4) is 0 Å². The van der Waals surface area contributed by atoms with Crippen LogP contribution in [-0.4, -0.2) is 25.8 Å². The van der Waals surface area contributed by atoms with Gasteiger partial charge in [-0.3, -0.25) is 4.79 Å². The molecule has 0 aromatic carbocycles. The van der Waals surface area contributed by atoms with E-state index in [2.05, 4.69) is 17.1 Å². The summed E-state index contributed by atoms with van der Waals surface area (Å²) >= 11 is 0. The van der Waals surface area contributed by atoms with Crippen LogP contribution in [0, 0.1) is 5.41 Å². The largest absolute Gasteiger partial charge is 0.481 e. The van der Waals surface area contributed by atoms with Crippen LogP contribution < -0.4 is 0 Å². The van der Waals surface area contributed by atoms with Gasteiger partial charge in [0.2, 0.25) is 0 Å². The van der Waals surface area contributed by atoms with Crippen molar-refractivity contribution in [3.05, 3.63) is 12.2 Å². The van der Waals surface area contributed by atoms with Gasteiger partial charge in [-0.05, 0) is 25.2 Å². The Hall–Kier alpha value is -1.39. The molecule has 0 amide bonds. The molecule has 0 unspecified atom stereocenters. The van der Waals surface area contributed by atoms with Crippen molar-refractivity contribution >= 4 is 5.97 Å². The van der Waals surface area contributed by atoms with Crippen LogP contribution >= 0.6 is 0 Å². The average molecular weight is 251 g/mol. The predicted octanol–water partition coefficient (Wildman–Crippen LogP) is 2.27. The Balaban J connectivity index is 2.16. The first-order chi connectivity index (χ1) is 8.65. The summed E-state index contributed by atoms with van der Waals surface area (Å²) in [7, 11) is 0. The second kappa shape index (κ2) is 5.50. The molecule has 1 aliphatic rings. The van der Waals surface area contributed by atoms with Gasteiger partial charge in [-0.15, -0.1) is 10.2 Å². The number of aliphatic carboxylic acids is 1. The normalized spacial score (nSPS) is 18.7. The number of aromatic nitrogens is 3. The molecule has 1 fully saturated rings. The molecule has 5 nitrogen and oxygen atoms in total. The van der Waals surface area contributed by atoms with E-state index < -0.39 is 5.97 Å². The number of aryl methyl sites for hydroxylation is 1. The third-order valence-corrected chi connectivity index (χ3v) is 4.01. The van der Waals surface area contributed by atoms with Crippen molar-refractivity contribution in [2.24, 2.45) is 5.41 Å². The third kappa shape index (κ3) is 2.89. The number of hydrogen-bond acceptors (Lipinski definition) is 3. The van der Waals surface area contributed by atoms with Crippen LogP contribution in [0.2, 0.25) is 0 Å². The number of carbonyl (C=O) groups is 1. The Labute approximate surface area is 107 Å². The molecule has 1 saturated carbocycles. The Morgan fingerprint density at radius 3 is 2.78 bits per heavy atom. The smallest absolute Gasteiger partial charge is 0.303 e. The van der Waals surface area contributed by atoms with Gasteiger partial charge in [0.1, 0.15) is 12.2 Å². The maximum Gasteiger partial charge on any atom is 0.303 e. The van der Waals surface area contributed by atoms with Crippen molar-refractivity contribution in [3.8, 4) is 0 Å². The SMILES string of the molecule is CCn1cnnc1CC1(CC(=O)O)CCCCC1. The van der Waals surface area contributed by atoms with Crippen molar-refractivity contribution in [2.45, 2.75) is 58.4 Å². The summed E-state index contributed by atoms with van der Waals surface area (Å²) in [6.45, 7) is 2.89. The van der Waals surface area contributed by atoms with Crippen molar-refractivity contribution in [1.29, 1.82) is 0 Å². The highest BCUT2D eigenvalue weighted by Crippen LogP contribution is 2.41. The molecule has 2 rings (SSSR count). The number of carboxylic acids is 1. The lowest BCUT2D eigenvalue weighted by atomic mass is 9.69. The van der Waals surface area contributed by atoms with E-state index in [9.17, 15) is 4.79 Å². The second-order valence-electron chi connectivity index (χ2n) is 5.34. The first kappa shape index (κ1) is 13.1. The Kier molecular flexibility index (Phi) is 3.99. The zero-order valence-electron chi connectivity index (χ0n) is 10.9. The van der Waals surface area contributed by atoms with Gasteiger partial charge in [-0.2, -0.15) is 0 Å². The average Bonchev–Trinajstić information content (AvgIpc) is 2.76. The van der Waals surface area contributed by atoms with E-state index >= 15 is 0 Å². The van der Waals surface area contributed by atoms with Crippen LogP contribution in [0.15, 0.2) is 6.33 Å². The van der Waals surface area contributed by atoms with Gasteiger partial charge in [0, 0.05) is 13.0 Å². The lowest BCUT2D eigenvalue weighted by molar-refractivity contribution is -0.140. The van der Waals surface area contributed by atoms with Gasteiger partial charge >= 0.3 is 5.97 Å². The van der Waals surface area contributed by atoms with Crippen LogP contribution in [0.4, 0.5) is 0 Å². The monoisotopic (exact) mass is 251 g/mol. The molecule has 18 heavy (non-hydrogen) atoms. The zero-order valence-corrected chi connectivity index (χ0v) is 10.9. The predicted molar refractivity (Wildman–Crippen MR) is 67.2 cm³/mol. The summed E-state index contributed by atoms with van der Waals surface area (Å²) in [5.74, 6) is 0.236. The van der Waals surface area contributed by atoms with Crippen molar-refractivity contribution in [3.63, 3.8) is 0 Å². The van der Waals surface area contributed by atoms with E-state index in [1.165, 1.54) is 6.42 Å². The standard InChI is InChI=1S/C13H21N3O2/c1-2-16-10-14-15-11(16)8-13(9-12(17)18)6-4-3-5-7-13/h10H,2-9H2,1H3,(H,17,18). The fraction of sp³-hybridized carbons (Fsp3) is 0.769. The van der Waals surface area contributed by atoms with E-state index in [0.29, 0.717) is 0 Å². The zero-order chi connectivity index (χ0) is 13.0. The molecule has 1 aliphatic carbocycles. The highest BCUT2D eigenvalue weighted by molar-refractivity contribution is 5.67. The summed E-state index contributed by atoms with van der Waals surface area (Å²) in [5, 5.41) is 17.2. The summed E-state index contributed by atoms with van der Waals surface area (Å²) in [5.41, 5.74) is -0.107. The minimum Gasteiger partial charge on any atom is -0.481 e. The van der Waals surface area contributed by atoms with Gasteiger partial charge < -0.3 is 9.67 Å². The van der Waals surface area contributed by atoms with Crippen LogP contribution in [0.1, 0.15) is 51.3 Å². The van der Waals surface area contributed by atoms with Crippen LogP contribution in [-0.2, 0) is 17.8 Å². The van der Waals surface area contributed by atoms with Crippen LogP contribution in [0.5, 0.6) is 0 Å². The van der Waals surface area contributed by atoms with Crippen molar-refractivity contribution < 1.29 is 9.90 Å². The van der Waals surface area contributed by atoms with Crippen molar-refractivity contribution in [1.82, 2.24) is 14.8 Å². The molecular weight excluding hydrogens is 230 g/mol. The molecular formula is C13H21N3O2. The Morgan fingerprint density at radius 2 is 2.17 bits per heavy atom. The van der Waals surface area contributed by atoms with Gasteiger partial charge in [0.15, 0.2) is 0 Å². The Morgan fingerprint density at radius 1 is 1.44 bits per heavy atom. The highest BCUT2D eigenvalue weighted by atomic mass is 16.4. The summed E-state index contributed by atoms with van der Waals surface area (Å²) in [6.07, 6.45) is 8.21.